The summed E-state index contributed by atoms with van der Waals surface area (Å²) in [4.78, 5) is 38.4. The van der Waals surface area contributed by atoms with Crippen molar-refractivity contribution in [1.82, 2.24) is 9.88 Å². The highest BCUT2D eigenvalue weighted by Crippen LogP contribution is 2.33. The number of aromatic hydroxyl groups is 1. The molecule has 2 heterocycles. The molecule has 0 saturated carbocycles. The van der Waals surface area contributed by atoms with Crippen LogP contribution >= 0.6 is 0 Å². The number of nitrogens with zero attached hydrogens (tertiary/aromatic N) is 3. The molecular formula is C38H38N4O4. The van der Waals surface area contributed by atoms with Gasteiger partial charge in [-0.3, -0.25) is 9.69 Å². The second kappa shape index (κ2) is 14.3. The third-order valence-corrected chi connectivity index (χ3v) is 8.26. The van der Waals surface area contributed by atoms with Gasteiger partial charge in [0, 0.05) is 16.6 Å². The van der Waals surface area contributed by atoms with Gasteiger partial charge in [0.1, 0.15) is 5.69 Å². The van der Waals surface area contributed by atoms with Crippen molar-refractivity contribution in [3.63, 3.8) is 0 Å². The van der Waals surface area contributed by atoms with Gasteiger partial charge in [-0.15, -0.1) is 0 Å². The van der Waals surface area contributed by atoms with E-state index in [1.54, 1.807) is 25.1 Å². The minimum Gasteiger partial charge on any atom is -0.505 e. The molecule has 0 spiro atoms. The second-order valence-electron chi connectivity index (χ2n) is 11.5. The number of aromatic amines is 1. The minimum absolute atomic E-state index is 0.0435. The number of benzene rings is 4. The summed E-state index contributed by atoms with van der Waals surface area (Å²) in [5.74, 6) is -0.313. The van der Waals surface area contributed by atoms with Crippen molar-refractivity contribution in [1.29, 1.82) is 0 Å². The molecule has 234 valence electrons. The first-order valence-corrected chi connectivity index (χ1v) is 15.8. The Bertz CT molecular complexity index is 1830. The minimum atomic E-state index is -0.423. The first-order valence-electron chi connectivity index (χ1n) is 15.8. The third kappa shape index (κ3) is 7.03. The van der Waals surface area contributed by atoms with Gasteiger partial charge in [-0.2, -0.15) is 0 Å². The molecule has 8 heteroatoms. The largest absolute Gasteiger partial charge is 0.505 e. The van der Waals surface area contributed by atoms with Gasteiger partial charge in [-0.25, -0.2) is 9.79 Å². The van der Waals surface area contributed by atoms with Crippen LogP contribution in [0.25, 0.3) is 10.9 Å². The van der Waals surface area contributed by atoms with Crippen LogP contribution in [0.4, 0.5) is 11.4 Å². The normalized spacial score (nSPS) is 13.9. The molecule has 1 fully saturated rings. The Balaban J connectivity index is 1.34. The van der Waals surface area contributed by atoms with E-state index in [2.05, 4.69) is 9.88 Å². The monoisotopic (exact) mass is 614 g/mol. The number of rotatable bonds is 10. The van der Waals surface area contributed by atoms with Gasteiger partial charge in [0.25, 0.3) is 0 Å². The summed E-state index contributed by atoms with van der Waals surface area (Å²) in [6.45, 7) is 4.80. The van der Waals surface area contributed by atoms with Gasteiger partial charge in [0.05, 0.1) is 42.2 Å². The number of aliphatic imine (C=N–C) groups is 1. The summed E-state index contributed by atoms with van der Waals surface area (Å²) in [7, 11) is 0. The number of nitrogens with one attached hydrogen (secondary N) is 1. The predicted molar refractivity (Wildman–Crippen MR) is 182 cm³/mol. The van der Waals surface area contributed by atoms with E-state index >= 15 is 0 Å². The maximum atomic E-state index is 13.7. The second-order valence-corrected chi connectivity index (χ2v) is 11.5. The first-order chi connectivity index (χ1) is 22.5. The highest BCUT2D eigenvalue weighted by molar-refractivity contribution is 6.17. The number of esters is 1. The van der Waals surface area contributed by atoms with Crippen LogP contribution in [0.2, 0.25) is 0 Å². The standard InChI is InChI=1S/C38H38N4O4/c1-2-46-38(45)29-16-21-32-33(24-29)40-36(37(32)44)35(28-14-8-4-9-15-28)39-30-17-19-31(20-18-30)42(25-27-12-6-3-7-13-27)34(43)26-41-22-10-5-11-23-41/h3-4,6-9,12-21,24,40,44H,2,5,10-11,22-23,25-26H2,1H3. The van der Waals surface area contributed by atoms with Crippen molar-refractivity contribution in [2.45, 2.75) is 32.7 Å². The van der Waals surface area contributed by atoms with E-state index in [0.29, 0.717) is 46.6 Å². The Labute approximate surface area is 269 Å². The van der Waals surface area contributed by atoms with Gasteiger partial charge < -0.3 is 19.7 Å². The fraction of sp³-hybridized carbons (Fsp3) is 0.237. The topological polar surface area (TPSA) is 98.2 Å². The Morgan fingerprint density at radius 1 is 0.870 bits per heavy atom. The van der Waals surface area contributed by atoms with Gasteiger partial charge >= 0.3 is 5.97 Å². The van der Waals surface area contributed by atoms with E-state index in [1.807, 2.05) is 89.8 Å². The number of ether oxygens (including phenoxy) is 1. The van der Waals surface area contributed by atoms with Crippen LogP contribution in [0, 0.1) is 0 Å². The maximum absolute atomic E-state index is 13.7. The number of likely N-dealkylation sites (tertiary alicyclic amines) is 1. The molecule has 1 aromatic heterocycles. The molecule has 0 radical (unpaired) electrons. The maximum Gasteiger partial charge on any atom is 0.338 e. The molecule has 1 aliphatic rings. The van der Waals surface area contributed by atoms with Gasteiger partial charge in [0.15, 0.2) is 5.75 Å². The Morgan fingerprint density at radius 3 is 2.26 bits per heavy atom. The SMILES string of the molecule is CCOC(=O)c1ccc2c(O)c(C(=Nc3ccc(N(Cc4ccccc4)C(=O)CN4CCCCC4)cc3)c3ccccc3)[nH]c2c1. The van der Waals surface area contributed by atoms with Crippen molar-refractivity contribution < 1.29 is 19.4 Å². The number of amides is 1. The van der Waals surface area contributed by atoms with Crippen LogP contribution in [0.1, 0.15) is 53.4 Å². The van der Waals surface area contributed by atoms with Gasteiger partial charge in [-0.1, -0.05) is 67.1 Å². The lowest BCUT2D eigenvalue weighted by Gasteiger charge is -2.30. The number of anilines is 1. The Morgan fingerprint density at radius 2 is 1.57 bits per heavy atom. The molecule has 0 aliphatic carbocycles. The van der Waals surface area contributed by atoms with Crippen LogP contribution in [0.15, 0.2) is 108 Å². The number of carbonyl (C=O) groups is 2. The third-order valence-electron chi connectivity index (χ3n) is 8.26. The molecule has 5 aromatic rings. The van der Waals surface area contributed by atoms with Crippen molar-refractivity contribution in [2.24, 2.45) is 4.99 Å². The fourth-order valence-electron chi connectivity index (χ4n) is 5.88. The first kappa shape index (κ1) is 30.8. The quantitative estimate of drug-likeness (QED) is 0.128. The van der Waals surface area contributed by atoms with Crippen LogP contribution in [-0.4, -0.2) is 58.8 Å². The molecule has 2 N–H and O–H groups in total. The molecular weight excluding hydrogens is 576 g/mol. The summed E-state index contributed by atoms with van der Waals surface area (Å²) in [5.41, 5.74) is 5.30. The summed E-state index contributed by atoms with van der Waals surface area (Å²) in [5, 5.41) is 11.9. The predicted octanol–water partition coefficient (Wildman–Crippen LogP) is 7.24. The summed E-state index contributed by atoms with van der Waals surface area (Å²) in [6, 6.07) is 32.3. The lowest BCUT2D eigenvalue weighted by Crippen LogP contribution is -2.42. The number of hydrogen-bond donors (Lipinski definition) is 2. The van der Waals surface area contributed by atoms with Crippen molar-refractivity contribution in [3.8, 4) is 5.75 Å². The molecule has 8 nitrogen and oxygen atoms in total. The van der Waals surface area contributed by atoms with Crippen molar-refractivity contribution in [2.75, 3.05) is 31.1 Å². The molecule has 1 amide bonds. The van der Waals surface area contributed by atoms with E-state index in [4.69, 9.17) is 9.73 Å². The molecule has 6 rings (SSSR count). The number of carbonyl (C=O) groups excluding carboxylic acids is 2. The number of hydrogen-bond acceptors (Lipinski definition) is 6. The lowest BCUT2D eigenvalue weighted by molar-refractivity contribution is -0.120. The zero-order chi connectivity index (χ0) is 31.9. The average molecular weight is 615 g/mol. The molecule has 1 saturated heterocycles. The lowest BCUT2D eigenvalue weighted by atomic mass is 10.1. The van der Waals surface area contributed by atoms with E-state index in [1.165, 1.54) is 6.42 Å². The molecule has 1 aliphatic heterocycles. The highest BCUT2D eigenvalue weighted by Gasteiger charge is 2.22. The molecule has 0 unspecified atom stereocenters. The van der Waals surface area contributed by atoms with Gasteiger partial charge in [0.2, 0.25) is 5.91 Å². The van der Waals surface area contributed by atoms with E-state index in [-0.39, 0.29) is 18.3 Å². The van der Waals surface area contributed by atoms with E-state index in [9.17, 15) is 14.7 Å². The van der Waals surface area contributed by atoms with Gasteiger partial charge in [-0.05, 0) is 80.9 Å². The molecule has 0 atom stereocenters. The number of H-pyrrole nitrogens is 1. The molecule has 4 aromatic carbocycles. The van der Waals surface area contributed by atoms with E-state index in [0.717, 1.165) is 42.7 Å². The Kier molecular flexibility index (Phi) is 9.55. The highest BCUT2D eigenvalue weighted by atomic mass is 16.5. The number of fused-ring (bicyclic) bond motifs is 1. The fourth-order valence-corrected chi connectivity index (χ4v) is 5.88. The summed E-state index contributed by atoms with van der Waals surface area (Å²) in [6.07, 6.45) is 3.47. The van der Waals surface area contributed by atoms with Crippen LogP contribution < -0.4 is 4.90 Å². The van der Waals surface area contributed by atoms with E-state index < -0.39 is 5.97 Å². The molecule has 0 bridgehead atoms. The zero-order valence-electron chi connectivity index (χ0n) is 26.0. The number of piperidine rings is 1. The zero-order valence-corrected chi connectivity index (χ0v) is 26.0. The summed E-state index contributed by atoms with van der Waals surface area (Å²) < 4.78 is 5.16. The Hall–Kier alpha value is -5.21. The van der Waals surface area contributed by atoms with Crippen molar-refractivity contribution in [3.05, 3.63) is 126 Å². The number of aromatic nitrogens is 1. The molecule has 46 heavy (non-hydrogen) atoms. The van der Waals surface area contributed by atoms with Crippen LogP contribution in [0.3, 0.4) is 0 Å². The van der Waals surface area contributed by atoms with Crippen molar-refractivity contribution >= 4 is 39.9 Å². The van der Waals surface area contributed by atoms with Crippen LogP contribution in [-0.2, 0) is 16.1 Å². The average Bonchev–Trinajstić information content (AvgIpc) is 3.42. The van der Waals surface area contributed by atoms with Crippen LogP contribution in [0.5, 0.6) is 5.75 Å². The summed E-state index contributed by atoms with van der Waals surface area (Å²) >= 11 is 0. The smallest absolute Gasteiger partial charge is 0.338 e.